The van der Waals surface area contributed by atoms with E-state index >= 15 is 0 Å². The van der Waals surface area contributed by atoms with E-state index < -0.39 is 0 Å². The summed E-state index contributed by atoms with van der Waals surface area (Å²) in [6.45, 7) is 11.9. The summed E-state index contributed by atoms with van der Waals surface area (Å²) in [4.78, 5) is 28.3. The number of thioether (sulfide) groups is 2. The molecule has 25 heavy (non-hydrogen) atoms. The zero-order valence-electron chi connectivity index (χ0n) is 16.7. The lowest BCUT2D eigenvalue weighted by Crippen LogP contribution is -2.34. The SMILES string of the molecule is CCCN(CCC)C(=O)CSCCCSCC(=O)N(CCC)CCC. The fourth-order valence-electron chi connectivity index (χ4n) is 2.57. The first-order chi connectivity index (χ1) is 12.1. The van der Waals surface area contributed by atoms with E-state index in [9.17, 15) is 9.59 Å². The highest BCUT2D eigenvalue weighted by atomic mass is 32.2. The lowest BCUT2D eigenvalue weighted by molar-refractivity contribution is -0.129. The lowest BCUT2D eigenvalue weighted by atomic mass is 10.3. The van der Waals surface area contributed by atoms with Crippen molar-refractivity contribution in [3.05, 3.63) is 0 Å². The third-order valence-electron chi connectivity index (χ3n) is 3.71. The maximum absolute atomic E-state index is 12.1. The molecule has 0 saturated heterocycles. The molecule has 6 heteroatoms. The monoisotopic (exact) mass is 390 g/mol. The average Bonchev–Trinajstić information content (AvgIpc) is 2.60. The van der Waals surface area contributed by atoms with Gasteiger partial charge in [0.25, 0.3) is 0 Å². The quantitative estimate of drug-likeness (QED) is 0.371. The molecule has 0 aromatic heterocycles. The zero-order valence-corrected chi connectivity index (χ0v) is 18.4. The molecule has 0 radical (unpaired) electrons. The van der Waals surface area contributed by atoms with Crippen molar-refractivity contribution in [2.45, 2.75) is 59.8 Å². The third kappa shape index (κ3) is 12.6. The average molecular weight is 391 g/mol. The highest BCUT2D eigenvalue weighted by Crippen LogP contribution is 2.11. The summed E-state index contributed by atoms with van der Waals surface area (Å²) >= 11 is 3.45. The van der Waals surface area contributed by atoms with Crippen LogP contribution in [0, 0.1) is 0 Å². The van der Waals surface area contributed by atoms with E-state index in [0.717, 1.165) is 69.8 Å². The van der Waals surface area contributed by atoms with Gasteiger partial charge in [-0.25, -0.2) is 0 Å². The summed E-state index contributed by atoms with van der Waals surface area (Å²) in [7, 11) is 0. The Kier molecular flexibility index (Phi) is 16.8. The predicted molar refractivity (Wildman–Crippen MR) is 114 cm³/mol. The summed E-state index contributed by atoms with van der Waals surface area (Å²) < 4.78 is 0. The molecule has 2 amide bonds. The van der Waals surface area contributed by atoms with Crippen molar-refractivity contribution in [1.29, 1.82) is 0 Å². The third-order valence-corrected chi connectivity index (χ3v) is 5.76. The Balaban J connectivity index is 3.78. The van der Waals surface area contributed by atoms with Gasteiger partial charge in [-0.2, -0.15) is 23.5 Å². The molecule has 0 aliphatic rings. The van der Waals surface area contributed by atoms with Crippen LogP contribution in [0.4, 0.5) is 0 Å². The first kappa shape index (κ1) is 24.6. The molecule has 0 heterocycles. The Morgan fingerprint density at radius 3 is 1.24 bits per heavy atom. The minimum Gasteiger partial charge on any atom is -0.342 e. The Morgan fingerprint density at radius 1 is 0.640 bits per heavy atom. The summed E-state index contributed by atoms with van der Waals surface area (Å²) in [5, 5.41) is 0. The van der Waals surface area contributed by atoms with Crippen LogP contribution in [0.15, 0.2) is 0 Å². The fraction of sp³-hybridized carbons (Fsp3) is 0.895. The van der Waals surface area contributed by atoms with Crippen molar-refractivity contribution in [2.24, 2.45) is 0 Å². The first-order valence-electron chi connectivity index (χ1n) is 9.81. The highest BCUT2D eigenvalue weighted by molar-refractivity contribution is 8.00. The van der Waals surface area contributed by atoms with E-state index in [0.29, 0.717) is 11.5 Å². The molecule has 0 rings (SSSR count). The van der Waals surface area contributed by atoms with Gasteiger partial charge in [0.1, 0.15) is 0 Å². The molecule has 148 valence electrons. The van der Waals surface area contributed by atoms with Crippen LogP contribution >= 0.6 is 23.5 Å². The Morgan fingerprint density at radius 2 is 0.960 bits per heavy atom. The minimum absolute atomic E-state index is 0.270. The van der Waals surface area contributed by atoms with Gasteiger partial charge < -0.3 is 9.80 Å². The number of amides is 2. The highest BCUT2D eigenvalue weighted by Gasteiger charge is 2.12. The molecule has 0 atom stereocenters. The van der Waals surface area contributed by atoms with Gasteiger partial charge in [-0.1, -0.05) is 27.7 Å². The molecule has 0 saturated carbocycles. The van der Waals surface area contributed by atoms with E-state index in [1.807, 2.05) is 9.80 Å². The molecule has 0 spiro atoms. The van der Waals surface area contributed by atoms with Gasteiger partial charge in [0.05, 0.1) is 11.5 Å². The number of nitrogens with zero attached hydrogens (tertiary/aromatic N) is 2. The van der Waals surface area contributed by atoms with Crippen LogP contribution in [0.2, 0.25) is 0 Å². The second-order valence-corrected chi connectivity index (χ2v) is 8.43. The van der Waals surface area contributed by atoms with Gasteiger partial charge in [-0.3, -0.25) is 9.59 Å². The van der Waals surface area contributed by atoms with E-state index in [-0.39, 0.29) is 11.8 Å². The fourth-order valence-corrected chi connectivity index (χ4v) is 4.45. The Bertz CT molecular complexity index is 310. The molecular formula is C19H38N2O2S2. The first-order valence-corrected chi connectivity index (χ1v) is 12.1. The van der Waals surface area contributed by atoms with E-state index in [1.165, 1.54) is 0 Å². The topological polar surface area (TPSA) is 40.6 Å². The van der Waals surface area contributed by atoms with E-state index in [1.54, 1.807) is 23.5 Å². The Labute approximate surface area is 163 Å². The maximum atomic E-state index is 12.1. The summed E-state index contributed by atoms with van der Waals surface area (Å²) in [5.74, 6) is 3.70. The van der Waals surface area contributed by atoms with Crippen molar-refractivity contribution in [1.82, 2.24) is 9.80 Å². The van der Waals surface area contributed by atoms with Crippen LogP contribution in [0.3, 0.4) is 0 Å². The normalized spacial score (nSPS) is 10.7. The largest absolute Gasteiger partial charge is 0.342 e. The van der Waals surface area contributed by atoms with Gasteiger partial charge in [-0.05, 0) is 43.6 Å². The van der Waals surface area contributed by atoms with Gasteiger partial charge in [-0.15, -0.1) is 0 Å². The smallest absolute Gasteiger partial charge is 0.232 e. The van der Waals surface area contributed by atoms with Crippen molar-refractivity contribution >= 4 is 35.3 Å². The van der Waals surface area contributed by atoms with Crippen LogP contribution in [-0.4, -0.2) is 70.8 Å². The molecule has 0 aromatic rings. The molecule has 0 N–H and O–H groups in total. The van der Waals surface area contributed by atoms with Gasteiger partial charge in [0.15, 0.2) is 0 Å². The van der Waals surface area contributed by atoms with Crippen molar-refractivity contribution in [3.8, 4) is 0 Å². The van der Waals surface area contributed by atoms with Crippen LogP contribution in [0.25, 0.3) is 0 Å². The summed E-state index contributed by atoms with van der Waals surface area (Å²) in [5.41, 5.74) is 0. The molecule has 0 aromatic carbocycles. The van der Waals surface area contributed by atoms with E-state index in [2.05, 4.69) is 27.7 Å². The number of carbonyl (C=O) groups is 2. The van der Waals surface area contributed by atoms with Crippen LogP contribution in [0.1, 0.15) is 59.8 Å². The summed E-state index contributed by atoms with van der Waals surface area (Å²) in [6, 6.07) is 0. The van der Waals surface area contributed by atoms with Crippen molar-refractivity contribution in [2.75, 3.05) is 49.2 Å². The summed E-state index contributed by atoms with van der Waals surface area (Å²) in [6.07, 6.45) is 5.14. The van der Waals surface area contributed by atoms with Gasteiger partial charge in [0.2, 0.25) is 11.8 Å². The zero-order chi connectivity index (χ0) is 18.9. The van der Waals surface area contributed by atoms with Crippen LogP contribution in [0.5, 0.6) is 0 Å². The number of rotatable bonds is 16. The minimum atomic E-state index is 0.270. The molecule has 4 nitrogen and oxygen atoms in total. The second kappa shape index (κ2) is 17.1. The Hall–Kier alpha value is -0.360. The number of hydrogen-bond acceptors (Lipinski definition) is 4. The van der Waals surface area contributed by atoms with Crippen molar-refractivity contribution in [3.63, 3.8) is 0 Å². The number of carbonyl (C=O) groups excluding carboxylic acids is 2. The molecule has 0 aliphatic carbocycles. The standard InChI is InChI=1S/C19H38N2O2S2/c1-5-10-20(11-6-2)18(22)16-24-14-9-15-25-17-19(23)21(12-7-3)13-8-4/h5-17H2,1-4H3. The molecule has 0 unspecified atom stereocenters. The molecular weight excluding hydrogens is 352 g/mol. The maximum Gasteiger partial charge on any atom is 0.232 e. The van der Waals surface area contributed by atoms with E-state index in [4.69, 9.17) is 0 Å². The second-order valence-electron chi connectivity index (χ2n) is 6.22. The molecule has 0 fully saturated rings. The molecule has 0 bridgehead atoms. The lowest BCUT2D eigenvalue weighted by Gasteiger charge is -2.21. The van der Waals surface area contributed by atoms with Gasteiger partial charge >= 0.3 is 0 Å². The van der Waals surface area contributed by atoms with Crippen LogP contribution < -0.4 is 0 Å². The van der Waals surface area contributed by atoms with Gasteiger partial charge in [0, 0.05) is 26.2 Å². The predicted octanol–water partition coefficient (Wildman–Crippen LogP) is 4.14. The molecule has 0 aliphatic heterocycles. The van der Waals surface area contributed by atoms with Crippen molar-refractivity contribution < 1.29 is 9.59 Å². The number of hydrogen-bond donors (Lipinski definition) is 0. The van der Waals surface area contributed by atoms with Crippen LogP contribution in [-0.2, 0) is 9.59 Å².